The van der Waals surface area contributed by atoms with Gasteiger partial charge in [0, 0.05) is 13.6 Å². The molecule has 0 aliphatic rings. The largest absolute Gasteiger partial charge is 0.393 e. The van der Waals surface area contributed by atoms with Crippen LogP contribution < -0.4 is 0 Å². The van der Waals surface area contributed by atoms with Crippen molar-refractivity contribution >= 4 is 0 Å². The van der Waals surface area contributed by atoms with Gasteiger partial charge in [-0.25, -0.2) is 0 Å². The van der Waals surface area contributed by atoms with Crippen LogP contribution in [0.2, 0.25) is 0 Å². The highest BCUT2D eigenvalue weighted by atomic mass is 16.3. The SMILES string of the molecule is C/N=N\N(C)CCC(C)O. The molecule has 0 heterocycles. The van der Waals surface area contributed by atoms with Crippen LogP contribution in [0.3, 0.4) is 0 Å². The molecule has 0 saturated heterocycles. The van der Waals surface area contributed by atoms with Crippen molar-refractivity contribution in [3.8, 4) is 0 Å². The average molecular weight is 145 g/mol. The number of hydrogen-bond acceptors (Lipinski definition) is 3. The number of aliphatic hydroxyl groups is 1. The fourth-order valence-electron chi connectivity index (χ4n) is 0.571. The third-order valence-corrected chi connectivity index (χ3v) is 1.11. The van der Waals surface area contributed by atoms with E-state index >= 15 is 0 Å². The Morgan fingerprint density at radius 3 is 2.60 bits per heavy atom. The zero-order valence-electron chi connectivity index (χ0n) is 6.78. The highest BCUT2D eigenvalue weighted by molar-refractivity contribution is 4.49. The van der Waals surface area contributed by atoms with Crippen LogP contribution in [0.5, 0.6) is 0 Å². The van der Waals surface area contributed by atoms with E-state index in [0.29, 0.717) is 0 Å². The fraction of sp³-hybridized carbons (Fsp3) is 1.00. The van der Waals surface area contributed by atoms with Crippen molar-refractivity contribution in [1.82, 2.24) is 5.01 Å². The van der Waals surface area contributed by atoms with Gasteiger partial charge in [0.25, 0.3) is 0 Å². The first-order valence-electron chi connectivity index (χ1n) is 3.35. The van der Waals surface area contributed by atoms with E-state index in [4.69, 9.17) is 5.11 Å². The summed E-state index contributed by atoms with van der Waals surface area (Å²) in [5.74, 6) is 0. The smallest absolute Gasteiger partial charge is 0.0529 e. The van der Waals surface area contributed by atoms with Gasteiger partial charge in [-0.1, -0.05) is 5.22 Å². The molecule has 0 radical (unpaired) electrons. The van der Waals surface area contributed by atoms with E-state index in [9.17, 15) is 0 Å². The first kappa shape index (κ1) is 9.36. The van der Waals surface area contributed by atoms with Crippen LogP contribution in [0, 0.1) is 0 Å². The maximum Gasteiger partial charge on any atom is 0.0529 e. The van der Waals surface area contributed by atoms with Crippen LogP contribution >= 0.6 is 0 Å². The Balaban J connectivity index is 3.30. The van der Waals surface area contributed by atoms with Crippen LogP contribution in [-0.4, -0.2) is 36.9 Å². The standard InChI is InChI=1S/C6H15N3O/c1-6(10)4-5-9(3)8-7-2/h6,10H,4-5H2,1-3H3/b8-7-. The molecule has 0 aromatic carbocycles. The predicted octanol–water partition coefficient (Wildman–Crippen LogP) is 0.686. The molecule has 60 valence electrons. The van der Waals surface area contributed by atoms with Crippen LogP contribution in [-0.2, 0) is 0 Å². The number of hydrogen-bond donors (Lipinski definition) is 1. The maximum absolute atomic E-state index is 8.87. The topological polar surface area (TPSA) is 48.2 Å². The van der Waals surface area contributed by atoms with E-state index in [2.05, 4.69) is 10.3 Å². The Labute approximate surface area is 61.5 Å². The van der Waals surface area contributed by atoms with Crippen LogP contribution in [0.4, 0.5) is 0 Å². The third-order valence-electron chi connectivity index (χ3n) is 1.11. The lowest BCUT2D eigenvalue weighted by Gasteiger charge is -2.11. The van der Waals surface area contributed by atoms with Crippen molar-refractivity contribution in [3.05, 3.63) is 0 Å². The van der Waals surface area contributed by atoms with Gasteiger partial charge < -0.3 is 5.11 Å². The Bertz CT molecular complexity index is 103. The molecule has 1 N–H and O–H groups in total. The molecule has 0 aliphatic carbocycles. The Morgan fingerprint density at radius 2 is 2.20 bits per heavy atom. The van der Waals surface area contributed by atoms with Gasteiger partial charge in [-0.2, -0.15) is 5.11 Å². The molecule has 0 fully saturated rings. The lowest BCUT2D eigenvalue weighted by Crippen LogP contribution is -2.16. The minimum Gasteiger partial charge on any atom is -0.393 e. The van der Waals surface area contributed by atoms with Crippen molar-refractivity contribution in [2.75, 3.05) is 20.6 Å². The number of aliphatic hydroxyl groups excluding tert-OH is 1. The third kappa shape index (κ3) is 5.50. The molecular formula is C6H15N3O. The lowest BCUT2D eigenvalue weighted by molar-refractivity contribution is 0.163. The molecule has 0 rings (SSSR count). The number of nitrogens with zero attached hydrogens (tertiary/aromatic N) is 3. The van der Waals surface area contributed by atoms with Crippen molar-refractivity contribution in [2.24, 2.45) is 10.3 Å². The van der Waals surface area contributed by atoms with E-state index < -0.39 is 0 Å². The van der Waals surface area contributed by atoms with Gasteiger partial charge in [0.15, 0.2) is 0 Å². The lowest BCUT2D eigenvalue weighted by atomic mass is 10.3. The van der Waals surface area contributed by atoms with Gasteiger partial charge in [-0.3, -0.25) is 5.01 Å². The zero-order valence-corrected chi connectivity index (χ0v) is 6.78. The van der Waals surface area contributed by atoms with Gasteiger partial charge >= 0.3 is 0 Å². The molecule has 0 saturated carbocycles. The van der Waals surface area contributed by atoms with E-state index in [1.165, 1.54) is 0 Å². The highest BCUT2D eigenvalue weighted by Crippen LogP contribution is 1.93. The quantitative estimate of drug-likeness (QED) is 0.467. The second-order valence-corrected chi connectivity index (χ2v) is 2.31. The van der Waals surface area contributed by atoms with Crippen molar-refractivity contribution in [2.45, 2.75) is 19.4 Å². The van der Waals surface area contributed by atoms with E-state index in [1.54, 1.807) is 19.0 Å². The fourth-order valence-corrected chi connectivity index (χ4v) is 0.571. The second kappa shape index (κ2) is 5.17. The summed E-state index contributed by atoms with van der Waals surface area (Å²) in [6, 6.07) is 0. The highest BCUT2D eigenvalue weighted by Gasteiger charge is 1.97. The maximum atomic E-state index is 8.87. The summed E-state index contributed by atoms with van der Waals surface area (Å²) in [4.78, 5) is 0. The average Bonchev–Trinajstić information content (AvgIpc) is 1.85. The molecule has 0 aliphatic heterocycles. The minimum atomic E-state index is -0.255. The Hall–Kier alpha value is -0.640. The molecule has 4 heteroatoms. The Kier molecular flexibility index (Phi) is 4.84. The van der Waals surface area contributed by atoms with Gasteiger partial charge in [0.2, 0.25) is 0 Å². The summed E-state index contributed by atoms with van der Waals surface area (Å²) >= 11 is 0. The molecular weight excluding hydrogens is 130 g/mol. The monoisotopic (exact) mass is 145 g/mol. The number of rotatable bonds is 4. The first-order chi connectivity index (χ1) is 4.66. The van der Waals surface area contributed by atoms with Crippen LogP contribution in [0.15, 0.2) is 10.3 Å². The summed E-state index contributed by atoms with van der Waals surface area (Å²) in [6.07, 6.45) is 0.477. The molecule has 0 bridgehead atoms. The normalized spacial score (nSPS) is 14.0. The molecule has 1 unspecified atom stereocenters. The van der Waals surface area contributed by atoms with Gasteiger partial charge in [0.1, 0.15) is 0 Å². The van der Waals surface area contributed by atoms with Crippen molar-refractivity contribution in [1.29, 1.82) is 0 Å². The van der Waals surface area contributed by atoms with Crippen molar-refractivity contribution in [3.63, 3.8) is 0 Å². The Morgan fingerprint density at radius 1 is 1.60 bits per heavy atom. The summed E-state index contributed by atoms with van der Waals surface area (Å²) in [5.41, 5.74) is 0. The van der Waals surface area contributed by atoms with E-state index in [-0.39, 0.29) is 6.10 Å². The minimum absolute atomic E-state index is 0.255. The predicted molar refractivity (Wildman–Crippen MR) is 39.7 cm³/mol. The molecule has 0 aromatic rings. The zero-order chi connectivity index (χ0) is 7.98. The van der Waals surface area contributed by atoms with E-state index in [0.717, 1.165) is 13.0 Å². The molecule has 10 heavy (non-hydrogen) atoms. The molecule has 4 nitrogen and oxygen atoms in total. The van der Waals surface area contributed by atoms with Gasteiger partial charge in [-0.15, -0.1) is 0 Å². The first-order valence-corrected chi connectivity index (χ1v) is 3.35. The van der Waals surface area contributed by atoms with Crippen molar-refractivity contribution < 1.29 is 5.11 Å². The molecule has 0 spiro atoms. The second-order valence-electron chi connectivity index (χ2n) is 2.31. The summed E-state index contributed by atoms with van der Waals surface area (Å²) < 4.78 is 0. The van der Waals surface area contributed by atoms with Gasteiger partial charge in [-0.05, 0) is 13.3 Å². The van der Waals surface area contributed by atoms with E-state index in [1.807, 2.05) is 7.05 Å². The summed E-state index contributed by atoms with van der Waals surface area (Å²) in [5, 5.41) is 17.9. The summed E-state index contributed by atoms with van der Waals surface area (Å²) in [7, 11) is 3.45. The van der Waals surface area contributed by atoms with Gasteiger partial charge in [0.05, 0.1) is 13.2 Å². The molecule has 1 atom stereocenters. The summed E-state index contributed by atoms with van der Waals surface area (Å²) in [6.45, 7) is 2.51. The molecule has 0 aromatic heterocycles. The van der Waals surface area contributed by atoms with Crippen LogP contribution in [0.1, 0.15) is 13.3 Å². The molecule has 0 amide bonds. The van der Waals surface area contributed by atoms with Crippen LogP contribution in [0.25, 0.3) is 0 Å².